The molecule has 0 bridgehead atoms. The number of amides is 1. The number of fused-ring (bicyclic) bond motifs is 1. The molecule has 1 amide bonds. The Kier molecular flexibility index (Phi) is 5.45. The molecule has 2 N–H and O–H groups in total. The van der Waals surface area contributed by atoms with Crippen LogP contribution in [0.15, 0.2) is 66.7 Å². The van der Waals surface area contributed by atoms with Gasteiger partial charge < -0.3 is 15.2 Å². The molecule has 1 aliphatic heterocycles. The van der Waals surface area contributed by atoms with Gasteiger partial charge in [0.1, 0.15) is 11.9 Å². The fraction of sp³-hybridized carbons (Fsp3) is 0.208. The van der Waals surface area contributed by atoms with Crippen molar-refractivity contribution in [3.05, 3.63) is 88.4 Å². The number of carbonyl (C=O) groups is 1. The van der Waals surface area contributed by atoms with Gasteiger partial charge in [0.15, 0.2) is 0 Å². The Morgan fingerprint density at radius 1 is 1.14 bits per heavy atom. The smallest absolute Gasteiger partial charge is 0.405 e. The van der Waals surface area contributed by atoms with Crippen molar-refractivity contribution in [3.63, 3.8) is 0 Å². The molecule has 0 aliphatic carbocycles. The van der Waals surface area contributed by atoms with Gasteiger partial charge in [-0.3, -0.25) is 0 Å². The van der Waals surface area contributed by atoms with Gasteiger partial charge in [-0.15, -0.1) is 0 Å². The van der Waals surface area contributed by atoms with E-state index in [-0.39, 0.29) is 12.1 Å². The Bertz CT molecular complexity index is 1040. The highest BCUT2D eigenvalue weighted by atomic mass is 35.5. The Hall–Kier alpha value is -2.98. The van der Waals surface area contributed by atoms with Crippen molar-refractivity contribution < 1.29 is 14.6 Å². The van der Waals surface area contributed by atoms with E-state index in [0.717, 1.165) is 33.6 Å². The number of nitrogens with one attached hydrogen (secondary N) is 1. The summed E-state index contributed by atoms with van der Waals surface area (Å²) in [5.41, 5.74) is 5.21. The molecule has 0 aromatic heterocycles. The average Bonchev–Trinajstić information content (AvgIpc) is 3.12. The molecule has 1 aliphatic rings. The summed E-state index contributed by atoms with van der Waals surface area (Å²) in [6.07, 6.45) is -0.198. The zero-order valence-electron chi connectivity index (χ0n) is 16.1. The molecule has 0 saturated carbocycles. The highest BCUT2D eigenvalue weighted by molar-refractivity contribution is 6.31. The van der Waals surface area contributed by atoms with Crippen molar-refractivity contribution in [2.75, 3.05) is 0 Å². The minimum atomic E-state index is -1.05. The fourth-order valence-electron chi connectivity index (χ4n) is 3.95. The molecule has 2 atom stereocenters. The molecule has 4 nitrogen and oxygen atoms in total. The molecule has 5 heteroatoms. The lowest BCUT2D eigenvalue weighted by molar-refractivity contribution is 0.154. The number of halogens is 1. The third-order valence-corrected chi connectivity index (χ3v) is 5.53. The van der Waals surface area contributed by atoms with Gasteiger partial charge in [0.2, 0.25) is 0 Å². The molecule has 0 radical (unpaired) electrons. The summed E-state index contributed by atoms with van der Waals surface area (Å²) in [7, 11) is 0. The van der Waals surface area contributed by atoms with Crippen molar-refractivity contribution >= 4 is 17.7 Å². The van der Waals surface area contributed by atoms with E-state index in [0.29, 0.717) is 17.9 Å². The van der Waals surface area contributed by atoms with Gasteiger partial charge in [0, 0.05) is 22.6 Å². The molecule has 1 heterocycles. The zero-order valence-corrected chi connectivity index (χ0v) is 16.8. The van der Waals surface area contributed by atoms with Crippen LogP contribution in [0.4, 0.5) is 4.79 Å². The monoisotopic (exact) mass is 407 g/mol. The first-order valence-corrected chi connectivity index (χ1v) is 9.97. The van der Waals surface area contributed by atoms with Gasteiger partial charge in [0.25, 0.3) is 0 Å². The van der Waals surface area contributed by atoms with E-state index in [1.807, 2.05) is 54.6 Å². The number of rotatable bonds is 5. The van der Waals surface area contributed by atoms with Crippen LogP contribution in [0.5, 0.6) is 5.75 Å². The Labute approximate surface area is 175 Å². The van der Waals surface area contributed by atoms with Crippen molar-refractivity contribution in [1.29, 1.82) is 0 Å². The summed E-state index contributed by atoms with van der Waals surface area (Å²) < 4.78 is 6.35. The van der Waals surface area contributed by atoms with Gasteiger partial charge in [0.05, 0.1) is 6.04 Å². The predicted molar refractivity (Wildman–Crippen MR) is 115 cm³/mol. The fourth-order valence-corrected chi connectivity index (χ4v) is 4.19. The molecular weight excluding hydrogens is 386 g/mol. The van der Waals surface area contributed by atoms with Crippen molar-refractivity contribution in [2.24, 2.45) is 0 Å². The lowest BCUT2D eigenvalue weighted by atomic mass is 9.95. The topological polar surface area (TPSA) is 58.6 Å². The number of carboxylic acid groups (broad SMARTS) is 1. The standard InChI is InChI=1S/C24H22ClNO3/c1-15-7-5-6-10-19(15)20-14-18(25)12-17-13-22(29-23(17)20)21(26-24(27)28)11-16-8-3-2-4-9-16/h2-10,12,14,21-22,26H,11,13H2,1H3,(H,27,28). The van der Waals surface area contributed by atoms with Crippen LogP contribution in [0.2, 0.25) is 5.02 Å². The molecule has 4 rings (SSSR count). The molecular formula is C24H22ClNO3. The largest absolute Gasteiger partial charge is 0.487 e. The van der Waals surface area contributed by atoms with Crippen LogP contribution in [-0.4, -0.2) is 23.3 Å². The maximum atomic E-state index is 11.4. The van der Waals surface area contributed by atoms with Crippen molar-refractivity contribution in [2.45, 2.75) is 31.9 Å². The first kappa shape index (κ1) is 19.3. The molecule has 3 aromatic carbocycles. The average molecular weight is 408 g/mol. The molecule has 0 saturated heterocycles. The summed E-state index contributed by atoms with van der Waals surface area (Å²) in [4.78, 5) is 11.4. The maximum absolute atomic E-state index is 11.4. The lowest BCUT2D eigenvalue weighted by Gasteiger charge is -2.24. The first-order chi connectivity index (χ1) is 14.0. The molecule has 0 spiro atoms. The zero-order chi connectivity index (χ0) is 20.4. The Morgan fingerprint density at radius 2 is 1.86 bits per heavy atom. The normalized spacial score (nSPS) is 16.0. The highest BCUT2D eigenvalue weighted by Gasteiger charge is 2.34. The summed E-state index contributed by atoms with van der Waals surface area (Å²) in [5, 5.41) is 12.7. The highest BCUT2D eigenvalue weighted by Crippen LogP contribution is 2.42. The van der Waals surface area contributed by atoms with E-state index in [4.69, 9.17) is 16.3 Å². The van der Waals surface area contributed by atoms with Crippen LogP contribution in [0, 0.1) is 6.92 Å². The third kappa shape index (κ3) is 4.22. The summed E-state index contributed by atoms with van der Waals surface area (Å²) in [6.45, 7) is 2.05. The molecule has 2 unspecified atom stereocenters. The number of aryl methyl sites for hydroxylation is 1. The molecule has 148 valence electrons. The number of ether oxygens (including phenoxy) is 1. The van der Waals surface area contributed by atoms with E-state index < -0.39 is 6.09 Å². The minimum absolute atomic E-state index is 0.303. The second-order valence-corrected chi connectivity index (χ2v) is 7.80. The van der Waals surface area contributed by atoms with Crippen molar-refractivity contribution in [1.82, 2.24) is 5.32 Å². The first-order valence-electron chi connectivity index (χ1n) is 9.59. The number of hydrogen-bond acceptors (Lipinski definition) is 2. The van der Waals surface area contributed by atoms with Gasteiger partial charge >= 0.3 is 6.09 Å². The van der Waals surface area contributed by atoms with E-state index >= 15 is 0 Å². The minimum Gasteiger partial charge on any atom is -0.487 e. The van der Waals surface area contributed by atoms with Crippen LogP contribution < -0.4 is 10.1 Å². The van der Waals surface area contributed by atoms with Crippen LogP contribution >= 0.6 is 11.6 Å². The maximum Gasteiger partial charge on any atom is 0.405 e. The Balaban J connectivity index is 1.67. The predicted octanol–water partition coefficient (Wildman–Crippen LogP) is 5.50. The Morgan fingerprint density at radius 3 is 2.59 bits per heavy atom. The van der Waals surface area contributed by atoms with E-state index in [2.05, 4.69) is 24.4 Å². The number of hydrogen-bond donors (Lipinski definition) is 2. The second-order valence-electron chi connectivity index (χ2n) is 7.36. The van der Waals surface area contributed by atoms with Crippen LogP contribution in [-0.2, 0) is 12.8 Å². The molecule has 3 aromatic rings. The summed E-state index contributed by atoms with van der Waals surface area (Å²) >= 11 is 6.41. The molecule has 29 heavy (non-hydrogen) atoms. The summed E-state index contributed by atoms with van der Waals surface area (Å²) in [6, 6.07) is 21.4. The SMILES string of the molecule is Cc1ccccc1-c1cc(Cl)cc2c1OC(C(Cc1ccccc1)NC(=O)O)C2. The van der Waals surface area contributed by atoms with E-state index in [9.17, 15) is 9.90 Å². The van der Waals surface area contributed by atoms with Crippen LogP contribution in [0.1, 0.15) is 16.7 Å². The van der Waals surface area contributed by atoms with Crippen LogP contribution in [0.3, 0.4) is 0 Å². The van der Waals surface area contributed by atoms with Gasteiger partial charge in [-0.05, 0) is 42.2 Å². The van der Waals surface area contributed by atoms with Gasteiger partial charge in [-0.25, -0.2) is 4.79 Å². The van der Waals surface area contributed by atoms with Gasteiger partial charge in [-0.2, -0.15) is 0 Å². The van der Waals surface area contributed by atoms with Gasteiger partial charge in [-0.1, -0.05) is 66.2 Å². The van der Waals surface area contributed by atoms with E-state index in [1.54, 1.807) is 0 Å². The number of benzene rings is 3. The quantitative estimate of drug-likeness (QED) is 0.587. The van der Waals surface area contributed by atoms with Crippen LogP contribution in [0.25, 0.3) is 11.1 Å². The second kappa shape index (κ2) is 8.18. The third-order valence-electron chi connectivity index (χ3n) is 5.31. The molecule has 0 fully saturated rings. The lowest BCUT2D eigenvalue weighted by Crippen LogP contribution is -2.46. The summed E-state index contributed by atoms with van der Waals surface area (Å²) in [5.74, 6) is 0.791. The van der Waals surface area contributed by atoms with E-state index in [1.165, 1.54) is 0 Å². The van der Waals surface area contributed by atoms with Crippen molar-refractivity contribution in [3.8, 4) is 16.9 Å².